The van der Waals surface area contributed by atoms with Gasteiger partial charge in [-0.25, -0.2) is 13.6 Å². The zero-order valence-electron chi connectivity index (χ0n) is 10.5. The Labute approximate surface area is 121 Å². The summed E-state index contributed by atoms with van der Waals surface area (Å²) in [4.78, 5) is 12.0. The van der Waals surface area contributed by atoms with Crippen LogP contribution in [0.25, 0.3) is 0 Å². The lowest BCUT2D eigenvalue weighted by Gasteiger charge is -2.06. The van der Waals surface area contributed by atoms with E-state index in [1.165, 1.54) is 30.3 Å². The van der Waals surface area contributed by atoms with Crippen molar-refractivity contribution < 1.29 is 13.2 Å². The molecule has 1 aromatic heterocycles. The number of nitrogens with one attached hydrogen (secondary N) is 1. The van der Waals surface area contributed by atoms with Gasteiger partial charge in [0, 0.05) is 18.9 Å². The third-order valence-corrected chi connectivity index (χ3v) is 3.78. The summed E-state index contributed by atoms with van der Waals surface area (Å²) < 4.78 is 23.8. The smallest absolute Gasteiger partial charge is 0.272 e. The summed E-state index contributed by atoms with van der Waals surface area (Å²) in [7, 11) is -2.04. The fourth-order valence-corrected chi connectivity index (χ4v) is 2.44. The SMILES string of the molecule is Cn1cc(Cl)cc1C(=O)Nc1ccc(S(N)(=O)=O)cc1. The maximum atomic E-state index is 12.0. The first kappa shape index (κ1) is 14.6. The van der Waals surface area contributed by atoms with Gasteiger partial charge in [-0.2, -0.15) is 0 Å². The van der Waals surface area contributed by atoms with E-state index in [1.54, 1.807) is 17.8 Å². The maximum absolute atomic E-state index is 12.0. The summed E-state index contributed by atoms with van der Waals surface area (Å²) >= 11 is 5.80. The number of hydrogen-bond donors (Lipinski definition) is 2. The second kappa shape index (κ2) is 5.28. The minimum absolute atomic E-state index is 0.0163. The number of carbonyl (C=O) groups excluding carboxylic acids is 1. The van der Waals surface area contributed by atoms with Gasteiger partial charge in [-0.15, -0.1) is 0 Å². The predicted molar refractivity (Wildman–Crippen MR) is 76.2 cm³/mol. The Morgan fingerprint density at radius 3 is 2.35 bits per heavy atom. The standard InChI is InChI=1S/C12H12ClN3O3S/c1-16-7-8(13)6-11(16)12(17)15-9-2-4-10(5-3-9)20(14,18)19/h2-7H,1H3,(H,15,17)(H2,14,18,19). The van der Waals surface area contributed by atoms with Crippen LogP contribution in [0.5, 0.6) is 0 Å². The summed E-state index contributed by atoms with van der Waals surface area (Å²) in [5.41, 5.74) is 0.852. The molecule has 2 aromatic rings. The molecule has 0 fully saturated rings. The number of amides is 1. The van der Waals surface area contributed by atoms with E-state index in [9.17, 15) is 13.2 Å². The van der Waals surface area contributed by atoms with Crippen molar-refractivity contribution in [2.24, 2.45) is 12.2 Å². The summed E-state index contributed by atoms with van der Waals surface area (Å²) in [5.74, 6) is -0.345. The third-order valence-electron chi connectivity index (χ3n) is 2.64. The number of hydrogen-bond acceptors (Lipinski definition) is 3. The Morgan fingerprint density at radius 1 is 1.30 bits per heavy atom. The number of primary sulfonamides is 1. The van der Waals surface area contributed by atoms with Gasteiger partial charge in [0.15, 0.2) is 0 Å². The van der Waals surface area contributed by atoms with Crippen LogP contribution in [-0.4, -0.2) is 18.9 Å². The van der Waals surface area contributed by atoms with Gasteiger partial charge in [0.1, 0.15) is 5.69 Å². The van der Waals surface area contributed by atoms with E-state index >= 15 is 0 Å². The van der Waals surface area contributed by atoms with Crippen LogP contribution in [0.1, 0.15) is 10.5 Å². The van der Waals surface area contributed by atoms with E-state index in [1.807, 2.05) is 0 Å². The molecule has 1 heterocycles. The highest BCUT2D eigenvalue weighted by molar-refractivity contribution is 7.89. The van der Waals surface area contributed by atoms with Crippen molar-refractivity contribution in [3.05, 3.63) is 47.2 Å². The Bertz CT molecular complexity index is 751. The first-order valence-electron chi connectivity index (χ1n) is 5.53. The van der Waals surface area contributed by atoms with Crippen molar-refractivity contribution >= 4 is 33.2 Å². The molecule has 3 N–H and O–H groups in total. The van der Waals surface area contributed by atoms with E-state index in [-0.39, 0.29) is 10.8 Å². The summed E-state index contributed by atoms with van der Waals surface area (Å²) in [6, 6.07) is 7.10. The molecular formula is C12H12ClN3O3S. The van der Waals surface area contributed by atoms with Crippen LogP contribution in [0, 0.1) is 0 Å². The van der Waals surface area contributed by atoms with Gasteiger partial charge < -0.3 is 9.88 Å². The largest absolute Gasteiger partial charge is 0.345 e. The van der Waals surface area contributed by atoms with Gasteiger partial charge in [-0.05, 0) is 30.3 Å². The van der Waals surface area contributed by atoms with E-state index in [0.29, 0.717) is 16.4 Å². The van der Waals surface area contributed by atoms with Crippen molar-refractivity contribution in [3.63, 3.8) is 0 Å². The normalized spacial score (nSPS) is 11.3. The zero-order chi connectivity index (χ0) is 14.9. The Morgan fingerprint density at radius 2 is 1.90 bits per heavy atom. The molecule has 0 aliphatic carbocycles. The molecule has 2 rings (SSSR count). The molecule has 0 aliphatic rings. The molecule has 106 valence electrons. The molecule has 0 spiro atoms. The molecule has 20 heavy (non-hydrogen) atoms. The first-order chi connectivity index (χ1) is 9.27. The number of aromatic nitrogens is 1. The Balaban J connectivity index is 2.18. The van der Waals surface area contributed by atoms with Crippen LogP contribution < -0.4 is 10.5 Å². The number of carbonyl (C=O) groups is 1. The topological polar surface area (TPSA) is 94.2 Å². The highest BCUT2D eigenvalue weighted by Crippen LogP contribution is 2.16. The second-order valence-corrected chi connectivity index (χ2v) is 6.18. The lowest BCUT2D eigenvalue weighted by molar-refractivity contribution is 0.101. The summed E-state index contributed by atoms with van der Waals surface area (Å²) in [6.07, 6.45) is 1.61. The molecule has 0 unspecified atom stereocenters. The van der Waals surface area contributed by atoms with Gasteiger partial charge in [0.2, 0.25) is 10.0 Å². The highest BCUT2D eigenvalue weighted by Gasteiger charge is 2.12. The quantitative estimate of drug-likeness (QED) is 0.900. The van der Waals surface area contributed by atoms with E-state index in [2.05, 4.69) is 5.32 Å². The molecule has 1 amide bonds. The van der Waals surface area contributed by atoms with Crippen LogP contribution in [0.4, 0.5) is 5.69 Å². The van der Waals surface area contributed by atoms with Crippen molar-refractivity contribution in [3.8, 4) is 0 Å². The molecule has 6 nitrogen and oxygen atoms in total. The zero-order valence-corrected chi connectivity index (χ0v) is 12.1. The minimum Gasteiger partial charge on any atom is -0.345 e. The van der Waals surface area contributed by atoms with Crippen molar-refractivity contribution in [1.29, 1.82) is 0 Å². The lowest BCUT2D eigenvalue weighted by Crippen LogP contribution is -2.16. The van der Waals surface area contributed by atoms with Gasteiger partial charge in [-0.1, -0.05) is 11.6 Å². The Hall–Kier alpha value is -1.83. The van der Waals surface area contributed by atoms with Crippen LogP contribution in [0.3, 0.4) is 0 Å². The fraction of sp³-hybridized carbons (Fsp3) is 0.0833. The van der Waals surface area contributed by atoms with Gasteiger partial charge in [0.05, 0.1) is 9.92 Å². The van der Waals surface area contributed by atoms with Crippen LogP contribution >= 0.6 is 11.6 Å². The summed E-state index contributed by atoms with van der Waals surface area (Å²) in [5, 5.41) is 8.09. The van der Waals surface area contributed by atoms with Crippen molar-refractivity contribution in [2.75, 3.05) is 5.32 Å². The Kier molecular flexibility index (Phi) is 3.85. The number of benzene rings is 1. The number of nitrogens with zero attached hydrogens (tertiary/aromatic N) is 1. The third kappa shape index (κ3) is 3.19. The summed E-state index contributed by atoms with van der Waals surface area (Å²) in [6.45, 7) is 0. The lowest BCUT2D eigenvalue weighted by atomic mass is 10.3. The monoisotopic (exact) mass is 313 g/mol. The number of aryl methyl sites for hydroxylation is 1. The first-order valence-corrected chi connectivity index (χ1v) is 7.46. The van der Waals surface area contributed by atoms with Crippen molar-refractivity contribution in [1.82, 2.24) is 4.57 Å². The molecule has 0 saturated carbocycles. The maximum Gasteiger partial charge on any atom is 0.272 e. The average molecular weight is 314 g/mol. The molecule has 0 bridgehead atoms. The second-order valence-electron chi connectivity index (χ2n) is 4.18. The minimum atomic E-state index is -3.74. The number of anilines is 1. The number of halogens is 1. The van der Waals surface area contributed by atoms with E-state index < -0.39 is 10.0 Å². The molecule has 8 heteroatoms. The highest BCUT2D eigenvalue weighted by atomic mass is 35.5. The fourth-order valence-electron chi connectivity index (χ4n) is 1.67. The number of sulfonamides is 1. The number of rotatable bonds is 3. The molecule has 0 atom stereocenters. The van der Waals surface area contributed by atoms with E-state index in [0.717, 1.165) is 0 Å². The van der Waals surface area contributed by atoms with Gasteiger partial charge in [-0.3, -0.25) is 4.79 Å². The predicted octanol–water partition coefficient (Wildman–Crippen LogP) is 1.58. The molecule has 0 radical (unpaired) electrons. The molecule has 0 saturated heterocycles. The molecular weight excluding hydrogens is 302 g/mol. The number of nitrogens with two attached hydrogens (primary N) is 1. The molecule has 1 aromatic carbocycles. The van der Waals surface area contributed by atoms with Gasteiger partial charge >= 0.3 is 0 Å². The van der Waals surface area contributed by atoms with E-state index in [4.69, 9.17) is 16.7 Å². The van der Waals surface area contributed by atoms with Crippen LogP contribution in [-0.2, 0) is 17.1 Å². The average Bonchev–Trinajstić information content (AvgIpc) is 2.68. The molecule has 0 aliphatic heterocycles. The van der Waals surface area contributed by atoms with Crippen LogP contribution in [0.2, 0.25) is 5.02 Å². The van der Waals surface area contributed by atoms with Crippen LogP contribution in [0.15, 0.2) is 41.4 Å². The van der Waals surface area contributed by atoms with Crippen molar-refractivity contribution in [2.45, 2.75) is 4.90 Å². The van der Waals surface area contributed by atoms with Gasteiger partial charge in [0.25, 0.3) is 5.91 Å².